The normalized spacial score (nSPS) is 8.33. The number of carbonyl (C=O) groups is 2. The van der Waals surface area contributed by atoms with Crippen LogP contribution >= 0.6 is 0 Å². The molecule has 0 heterocycles. The van der Waals surface area contributed by atoms with Gasteiger partial charge in [-0.25, -0.2) is 4.79 Å². The number of carboxylic acid groups (broad SMARTS) is 1. The number of carboxylic acids is 1. The summed E-state index contributed by atoms with van der Waals surface area (Å²) < 4.78 is 0. The second-order valence-corrected chi connectivity index (χ2v) is 2.00. The van der Waals surface area contributed by atoms with Crippen molar-refractivity contribution in [2.24, 2.45) is 0 Å². The first-order valence-corrected chi connectivity index (χ1v) is 3.04. The molecule has 1 radical (unpaired) electrons. The molecule has 0 atom stereocenters. The Bertz CT molecular complexity index is 282. The third-order valence-corrected chi connectivity index (χ3v) is 1.23. The minimum absolute atomic E-state index is 0. The van der Waals surface area contributed by atoms with Crippen molar-refractivity contribution >= 4 is 41.3 Å². The van der Waals surface area contributed by atoms with Crippen molar-refractivity contribution < 1.29 is 14.7 Å². The third kappa shape index (κ3) is 2.77. The summed E-state index contributed by atoms with van der Waals surface area (Å²) in [5.41, 5.74) is 0.208. The molecule has 0 aromatic heterocycles. The summed E-state index contributed by atoms with van der Waals surface area (Å²) in [4.78, 5) is 20.9. The Morgan fingerprint density at radius 2 is 1.58 bits per heavy atom. The van der Waals surface area contributed by atoms with Gasteiger partial charge in [0, 0.05) is 35.1 Å². The molecule has 3 nitrogen and oxygen atoms in total. The summed E-state index contributed by atoms with van der Waals surface area (Å²) in [6, 6.07) is 7.90. The Kier molecular flexibility index (Phi) is 4.81. The Balaban J connectivity index is 0.00000121. The fourth-order valence-corrected chi connectivity index (χ4v) is 0.713. The summed E-state index contributed by atoms with van der Waals surface area (Å²) in [6.45, 7) is 0. The average molecular weight is 173 g/mol. The zero-order valence-corrected chi connectivity index (χ0v) is 8.65. The van der Waals surface area contributed by atoms with Crippen LogP contribution in [-0.4, -0.2) is 46.4 Å². The van der Waals surface area contributed by atoms with Gasteiger partial charge in [0.2, 0.25) is 0 Å². The second-order valence-electron chi connectivity index (χ2n) is 2.00. The van der Waals surface area contributed by atoms with Gasteiger partial charge in [0.05, 0.1) is 0 Å². The molecule has 0 saturated carbocycles. The molecule has 4 heteroatoms. The van der Waals surface area contributed by atoms with Gasteiger partial charge in [-0.15, -0.1) is 0 Å². The number of hydrogen-bond acceptors (Lipinski definition) is 2. The summed E-state index contributed by atoms with van der Waals surface area (Å²) in [5.74, 6) is -2.29. The monoisotopic (exact) mass is 173 g/mol. The molecule has 57 valence electrons. The van der Waals surface area contributed by atoms with Crippen LogP contribution in [0, 0.1) is 0 Å². The van der Waals surface area contributed by atoms with Gasteiger partial charge in [0.15, 0.2) is 0 Å². The van der Waals surface area contributed by atoms with Crippen molar-refractivity contribution in [3.63, 3.8) is 0 Å². The molecule has 1 aromatic carbocycles. The number of carbonyl (C=O) groups excluding carboxylic acids is 1. The Morgan fingerprint density at radius 3 is 2.00 bits per heavy atom. The van der Waals surface area contributed by atoms with E-state index in [1.54, 1.807) is 18.2 Å². The van der Waals surface area contributed by atoms with Gasteiger partial charge in [0.25, 0.3) is 5.78 Å². The number of hydrogen-bond donors (Lipinski definition) is 1. The summed E-state index contributed by atoms with van der Waals surface area (Å²) in [5, 5.41) is 8.29. The molecule has 1 aromatic rings. The topological polar surface area (TPSA) is 54.4 Å². The van der Waals surface area contributed by atoms with Crippen LogP contribution in [0.2, 0.25) is 0 Å². The predicted octanol–water partition coefficient (Wildman–Crippen LogP) is 0.573. The second kappa shape index (κ2) is 5.09. The molecule has 12 heavy (non-hydrogen) atoms. The summed E-state index contributed by atoms with van der Waals surface area (Å²) in [7, 11) is 0. The molecular formula is C8H6NaO3. The van der Waals surface area contributed by atoms with E-state index in [9.17, 15) is 9.59 Å². The standard InChI is InChI=1S/C8H6O3.Na/c9-7(8(10)11)6-4-2-1-3-5-6;/h1-5H,(H,10,11);. The number of ketones is 1. The fourth-order valence-electron chi connectivity index (χ4n) is 0.713. The smallest absolute Gasteiger partial charge is 0.377 e. The maximum Gasteiger partial charge on any atom is 0.377 e. The molecule has 1 rings (SSSR count). The molecule has 1 N–H and O–H groups in total. The van der Waals surface area contributed by atoms with Gasteiger partial charge in [-0.1, -0.05) is 30.3 Å². The Labute approximate surface area is 91.7 Å². The van der Waals surface area contributed by atoms with E-state index < -0.39 is 11.8 Å². The van der Waals surface area contributed by atoms with E-state index in [1.165, 1.54) is 12.1 Å². The molecule has 0 aliphatic heterocycles. The summed E-state index contributed by atoms with van der Waals surface area (Å²) in [6.07, 6.45) is 0. The van der Waals surface area contributed by atoms with Crippen LogP contribution in [-0.2, 0) is 4.79 Å². The van der Waals surface area contributed by atoms with E-state index >= 15 is 0 Å². The van der Waals surface area contributed by atoms with Crippen LogP contribution in [0.3, 0.4) is 0 Å². The first kappa shape index (κ1) is 11.4. The zero-order valence-electron chi connectivity index (χ0n) is 6.65. The molecule has 0 bridgehead atoms. The van der Waals surface area contributed by atoms with Crippen LogP contribution in [0.25, 0.3) is 0 Å². The molecule has 0 aliphatic rings. The quantitative estimate of drug-likeness (QED) is 0.404. The maximum absolute atomic E-state index is 10.7. The van der Waals surface area contributed by atoms with Crippen LogP contribution in [0.4, 0.5) is 0 Å². The van der Waals surface area contributed by atoms with Crippen LogP contribution < -0.4 is 0 Å². The van der Waals surface area contributed by atoms with E-state index in [2.05, 4.69) is 0 Å². The Hall–Kier alpha value is -0.640. The van der Waals surface area contributed by atoms with E-state index in [0.29, 0.717) is 0 Å². The van der Waals surface area contributed by atoms with E-state index in [1.807, 2.05) is 0 Å². The minimum atomic E-state index is -1.42. The maximum atomic E-state index is 10.7. The summed E-state index contributed by atoms with van der Waals surface area (Å²) >= 11 is 0. The predicted molar refractivity (Wildman–Crippen MR) is 44.2 cm³/mol. The molecule has 0 spiro atoms. The number of rotatable bonds is 2. The fraction of sp³-hybridized carbons (Fsp3) is 0. The van der Waals surface area contributed by atoms with Gasteiger partial charge >= 0.3 is 5.97 Å². The molecule has 0 aliphatic carbocycles. The molecule has 0 unspecified atom stereocenters. The molecular weight excluding hydrogens is 167 g/mol. The van der Waals surface area contributed by atoms with Crippen molar-refractivity contribution in [1.29, 1.82) is 0 Å². The van der Waals surface area contributed by atoms with Gasteiger partial charge < -0.3 is 5.11 Å². The SMILES string of the molecule is O=C(O)C(=O)c1ccccc1.[Na]. The van der Waals surface area contributed by atoms with Crippen molar-refractivity contribution in [3.05, 3.63) is 35.9 Å². The van der Waals surface area contributed by atoms with Gasteiger partial charge in [0.1, 0.15) is 0 Å². The number of benzene rings is 1. The van der Waals surface area contributed by atoms with Crippen molar-refractivity contribution in [2.75, 3.05) is 0 Å². The van der Waals surface area contributed by atoms with Crippen molar-refractivity contribution in [2.45, 2.75) is 0 Å². The van der Waals surface area contributed by atoms with E-state index in [4.69, 9.17) is 5.11 Å². The van der Waals surface area contributed by atoms with Crippen LogP contribution in [0.5, 0.6) is 0 Å². The Morgan fingerprint density at radius 1 is 1.08 bits per heavy atom. The molecule has 0 amide bonds. The van der Waals surface area contributed by atoms with Crippen LogP contribution in [0.1, 0.15) is 10.4 Å². The van der Waals surface area contributed by atoms with Gasteiger partial charge in [-0.2, -0.15) is 0 Å². The minimum Gasteiger partial charge on any atom is -0.475 e. The number of aliphatic carboxylic acids is 1. The first-order valence-electron chi connectivity index (χ1n) is 3.04. The van der Waals surface area contributed by atoms with Gasteiger partial charge in [-0.3, -0.25) is 4.79 Å². The zero-order chi connectivity index (χ0) is 8.27. The number of Topliss-reactive ketones (excluding diaryl/α,β-unsaturated/α-hetero) is 1. The van der Waals surface area contributed by atoms with E-state index in [-0.39, 0.29) is 35.1 Å². The van der Waals surface area contributed by atoms with Crippen molar-refractivity contribution in [1.82, 2.24) is 0 Å². The molecule has 0 saturated heterocycles. The first-order chi connectivity index (χ1) is 5.22. The largest absolute Gasteiger partial charge is 0.475 e. The third-order valence-electron chi connectivity index (χ3n) is 1.23. The van der Waals surface area contributed by atoms with Crippen LogP contribution in [0.15, 0.2) is 30.3 Å². The molecule has 0 fully saturated rings. The van der Waals surface area contributed by atoms with Gasteiger partial charge in [-0.05, 0) is 0 Å². The van der Waals surface area contributed by atoms with E-state index in [0.717, 1.165) is 0 Å². The van der Waals surface area contributed by atoms with Crippen molar-refractivity contribution in [3.8, 4) is 0 Å². The average Bonchev–Trinajstić information content (AvgIpc) is 2.05.